The summed E-state index contributed by atoms with van der Waals surface area (Å²) in [6.07, 6.45) is 1.49. The van der Waals surface area contributed by atoms with Gasteiger partial charge in [-0.1, -0.05) is 12.1 Å². The Hall–Kier alpha value is -3.42. The lowest BCUT2D eigenvalue weighted by Crippen LogP contribution is -2.43. The largest absolute Gasteiger partial charge is 0.355 e. The number of benzene rings is 2. The minimum atomic E-state index is -0.534. The second-order valence-electron chi connectivity index (χ2n) is 8.24. The lowest BCUT2D eigenvalue weighted by atomic mass is 10.1. The monoisotopic (exact) mass is 421 g/mol. The van der Waals surface area contributed by atoms with Gasteiger partial charge in [0.1, 0.15) is 13.2 Å². The molecule has 2 aromatic carbocycles. The van der Waals surface area contributed by atoms with E-state index in [2.05, 4.69) is 15.5 Å². The lowest BCUT2D eigenvalue weighted by molar-refractivity contribution is -0.133. The summed E-state index contributed by atoms with van der Waals surface area (Å²) in [6.45, 7) is 2.35. The van der Waals surface area contributed by atoms with Gasteiger partial charge in [-0.05, 0) is 49.6 Å². The molecule has 1 unspecified atom stereocenters. The number of likely N-dealkylation sites (tertiary alicyclic amines) is 1. The van der Waals surface area contributed by atoms with Crippen molar-refractivity contribution in [3.63, 3.8) is 0 Å². The van der Waals surface area contributed by atoms with Crippen molar-refractivity contribution in [3.8, 4) is 0 Å². The van der Waals surface area contributed by atoms with Crippen molar-refractivity contribution in [2.24, 2.45) is 0 Å². The maximum Gasteiger partial charge on any atom is 0.257 e. The molecule has 2 amide bonds. The third kappa shape index (κ3) is 3.41. The summed E-state index contributed by atoms with van der Waals surface area (Å²) in [7, 11) is 0. The lowest BCUT2D eigenvalue weighted by Gasteiger charge is -2.25. The van der Waals surface area contributed by atoms with Crippen molar-refractivity contribution in [1.29, 1.82) is 0 Å². The average molecular weight is 421 g/mol. The fourth-order valence-corrected chi connectivity index (χ4v) is 4.61. The molecule has 2 aliphatic heterocycles. The van der Waals surface area contributed by atoms with Crippen LogP contribution < -0.4 is 5.32 Å². The number of hydrogen-bond donors (Lipinski definition) is 2. The average Bonchev–Trinajstić information content (AvgIpc) is 3.47. The first-order valence-electron chi connectivity index (χ1n) is 10.5. The number of amides is 2. The van der Waals surface area contributed by atoms with Crippen molar-refractivity contribution < 1.29 is 14.0 Å². The van der Waals surface area contributed by atoms with E-state index in [1.807, 2.05) is 43.3 Å². The molecule has 160 valence electrons. The van der Waals surface area contributed by atoms with Gasteiger partial charge in [0, 0.05) is 29.9 Å². The zero-order valence-electron chi connectivity index (χ0n) is 17.3. The van der Waals surface area contributed by atoms with Gasteiger partial charge in [-0.25, -0.2) is 4.39 Å². The van der Waals surface area contributed by atoms with Crippen LogP contribution in [0.1, 0.15) is 34.5 Å². The molecule has 3 heterocycles. The third-order valence-corrected chi connectivity index (χ3v) is 6.24. The van der Waals surface area contributed by atoms with Gasteiger partial charge in [0.05, 0.1) is 22.8 Å². The van der Waals surface area contributed by atoms with E-state index in [9.17, 15) is 14.0 Å². The van der Waals surface area contributed by atoms with E-state index in [1.165, 1.54) is 0 Å². The molecule has 0 radical (unpaired) electrons. The van der Waals surface area contributed by atoms with E-state index < -0.39 is 6.67 Å². The molecule has 31 heavy (non-hydrogen) atoms. The highest BCUT2D eigenvalue weighted by molar-refractivity contribution is 6.05. The predicted molar refractivity (Wildman–Crippen MR) is 116 cm³/mol. The van der Waals surface area contributed by atoms with E-state index in [-0.39, 0.29) is 24.4 Å². The van der Waals surface area contributed by atoms with Gasteiger partial charge in [0.15, 0.2) is 0 Å². The molecule has 0 saturated carbocycles. The summed E-state index contributed by atoms with van der Waals surface area (Å²) < 4.78 is 13.2. The van der Waals surface area contributed by atoms with Crippen molar-refractivity contribution in [3.05, 3.63) is 53.2 Å². The van der Waals surface area contributed by atoms with Crippen molar-refractivity contribution in [2.45, 2.75) is 32.4 Å². The number of aromatic nitrogens is 2. The second-order valence-corrected chi connectivity index (χ2v) is 8.24. The van der Waals surface area contributed by atoms with Crippen LogP contribution in [0.25, 0.3) is 10.9 Å². The topological polar surface area (TPSA) is 81.3 Å². The molecule has 1 atom stereocenters. The summed E-state index contributed by atoms with van der Waals surface area (Å²) in [5.74, 6) is -0.366. The molecule has 2 N–H and O–H groups in total. The number of anilines is 2. The zero-order chi connectivity index (χ0) is 21.5. The molecule has 3 aromatic rings. The molecule has 7 nitrogen and oxygen atoms in total. The van der Waals surface area contributed by atoms with E-state index in [4.69, 9.17) is 0 Å². The van der Waals surface area contributed by atoms with Crippen LogP contribution in [0, 0.1) is 6.92 Å². The van der Waals surface area contributed by atoms with Crippen LogP contribution in [0.15, 0.2) is 36.4 Å². The quantitative estimate of drug-likeness (QED) is 0.660. The molecule has 2 aliphatic rings. The molecular formula is C23H24FN5O2. The Morgan fingerprint density at radius 2 is 2.19 bits per heavy atom. The minimum Gasteiger partial charge on any atom is -0.355 e. The second kappa shape index (κ2) is 7.68. The van der Waals surface area contributed by atoms with Gasteiger partial charge < -0.3 is 15.1 Å². The van der Waals surface area contributed by atoms with Gasteiger partial charge in [0.2, 0.25) is 5.91 Å². The van der Waals surface area contributed by atoms with Crippen molar-refractivity contribution in [2.75, 3.05) is 25.1 Å². The number of alkyl halides is 1. The fraction of sp³-hybridized carbons (Fsp3) is 0.348. The number of hydrogen-bond acceptors (Lipinski definition) is 4. The molecule has 1 aromatic heterocycles. The summed E-state index contributed by atoms with van der Waals surface area (Å²) in [6, 6.07) is 11.2. The Kier molecular flexibility index (Phi) is 4.84. The van der Waals surface area contributed by atoms with E-state index in [0.717, 1.165) is 34.3 Å². The molecule has 8 heteroatoms. The van der Waals surface area contributed by atoms with Crippen LogP contribution in [-0.4, -0.2) is 57.6 Å². The first kappa shape index (κ1) is 19.5. The maximum atomic E-state index is 13.2. The number of nitrogens with one attached hydrogen (secondary N) is 2. The number of aromatic amines is 1. The number of nitrogens with zero attached hydrogens (tertiary/aromatic N) is 3. The number of carbonyl (C=O) groups is 2. The van der Waals surface area contributed by atoms with Crippen LogP contribution in [0.5, 0.6) is 0 Å². The third-order valence-electron chi connectivity index (χ3n) is 6.24. The molecule has 1 saturated heterocycles. The number of fused-ring (bicyclic) bond motifs is 2. The number of carbonyl (C=O) groups excluding carboxylic acids is 2. The Balaban J connectivity index is 1.35. The van der Waals surface area contributed by atoms with Crippen LogP contribution in [0.2, 0.25) is 0 Å². The minimum absolute atomic E-state index is 0.0258. The highest BCUT2D eigenvalue weighted by Crippen LogP contribution is 2.32. The molecule has 0 aliphatic carbocycles. The molecule has 0 bridgehead atoms. The summed E-state index contributed by atoms with van der Waals surface area (Å²) >= 11 is 0. The number of halogens is 1. The summed E-state index contributed by atoms with van der Waals surface area (Å²) in [5, 5.41) is 11.7. The van der Waals surface area contributed by atoms with Gasteiger partial charge >= 0.3 is 0 Å². The highest BCUT2D eigenvalue weighted by atomic mass is 19.1. The standard InChI is InChI=1S/C23H24FN5O2/c1-14-18-8-7-16(10-20(18)27-26-14)25-19-6-2-4-15-12-28(23(31)22(15)19)13-21(30)29-9-3-5-17(29)11-24/h2,4,6-8,10,17,25H,3,5,9,11-13H2,1H3,(H,26,27). The summed E-state index contributed by atoms with van der Waals surface area (Å²) in [5.41, 5.74) is 4.84. The van der Waals surface area contributed by atoms with Crippen LogP contribution in [0.4, 0.5) is 15.8 Å². The van der Waals surface area contributed by atoms with Crippen LogP contribution in [-0.2, 0) is 11.3 Å². The van der Waals surface area contributed by atoms with Crippen molar-refractivity contribution >= 4 is 34.1 Å². The van der Waals surface area contributed by atoms with Crippen LogP contribution >= 0.6 is 0 Å². The predicted octanol–water partition coefficient (Wildman–Crippen LogP) is 3.53. The van der Waals surface area contributed by atoms with Gasteiger partial charge in [0.25, 0.3) is 5.91 Å². The normalized spacial score (nSPS) is 18.1. The van der Waals surface area contributed by atoms with E-state index >= 15 is 0 Å². The van der Waals surface area contributed by atoms with Gasteiger partial charge in [-0.3, -0.25) is 14.7 Å². The number of aryl methyl sites for hydroxylation is 1. The Morgan fingerprint density at radius 1 is 1.32 bits per heavy atom. The molecular weight excluding hydrogens is 397 g/mol. The Labute approximate surface area is 179 Å². The summed E-state index contributed by atoms with van der Waals surface area (Å²) in [4.78, 5) is 29.0. The smallest absolute Gasteiger partial charge is 0.257 e. The molecule has 0 spiro atoms. The molecule has 1 fully saturated rings. The first-order valence-corrected chi connectivity index (χ1v) is 10.5. The van der Waals surface area contributed by atoms with Gasteiger partial charge in [-0.15, -0.1) is 0 Å². The SMILES string of the molecule is Cc1[nH]nc2cc(Nc3cccc4c3C(=O)N(CC(=O)N3CCCC3CF)C4)ccc12. The highest BCUT2D eigenvalue weighted by Gasteiger charge is 2.35. The Morgan fingerprint density at radius 3 is 3.03 bits per heavy atom. The van der Waals surface area contributed by atoms with E-state index in [1.54, 1.807) is 9.80 Å². The Bertz CT molecular complexity index is 1170. The molecule has 5 rings (SSSR count). The first-order chi connectivity index (χ1) is 15.0. The van der Waals surface area contributed by atoms with Gasteiger partial charge in [-0.2, -0.15) is 5.10 Å². The maximum absolute atomic E-state index is 13.2. The number of H-pyrrole nitrogens is 1. The number of rotatable bonds is 5. The van der Waals surface area contributed by atoms with Crippen molar-refractivity contribution in [1.82, 2.24) is 20.0 Å². The van der Waals surface area contributed by atoms with E-state index in [0.29, 0.717) is 30.8 Å². The zero-order valence-corrected chi connectivity index (χ0v) is 17.3. The van der Waals surface area contributed by atoms with Crippen LogP contribution in [0.3, 0.4) is 0 Å². The fourth-order valence-electron chi connectivity index (χ4n) is 4.61.